The fraction of sp³-hybridized carbons (Fsp3) is 0.222. The summed E-state index contributed by atoms with van der Waals surface area (Å²) in [6, 6.07) is 0. The Labute approximate surface area is 90.4 Å². The summed E-state index contributed by atoms with van der Waals surface area (Å²) >= 11 is 0. The van der Waals surface area contributed by atoms with Crippen molar-refractivity contribution in [2.45, 2.75) is 6.42 Å². The molecule has 82 valence electrons. The van der Waals surface area contributed by atoms with Crippen molar-refractivity contribution in [2.24, 2.45) is 16.6 Å². The van der Waals surface area contributed by atoms with Crippen LogP contribution in [0.3, 0.4) is 0 Å². The number of rotatable bonds is 1. The average Bonchev–Trinajstić information content (AvgIpc) is 2.27. The van der Waals surface area contributed by atoms with Crippen molar-refractivity contribution < 1.29 is 14.3 Å². The van der Waals surface area contributed by atoms with Crippen molar-refractivity contribution in [2.75, 3.05) is 0 Å². The predicted octanol–water partition coefficient (Wildman–Crippen LogP) is -0.0269. The third-order valence-corrected chi connectivity index (χ3v) is 2.08. The number of aromatic nitrogens is 2. The molecule has 1 unspecified atom stereocenters. The van der Waals surface area contributed by atoms with Gasteiger partial charge in [0.25, 0.3) is 0 Å². The highest BCUT2D eigenvalue weighted by Crippen LogP contribution is 2.22. The zero-order valence-corrected chi connectivity index (χ0v) is 8.16. The molecule has 2 heterocycles. The monoisotopic (exact) mass is 220 g/mol. The molecule has 0 radical (unpaired) electrons. The van der Waals surface area contributed by atoms with E-state index in [4.69, 9.17) is 5.73 Å². The van der Waals surface area contributed by atoms with E-state index < -0.39 is 18.0 Å². The Morgan fingerprint density at radius 3 is 3.06 bits per heavy atom. The number of carbonyl (C=O) groups is 2. The van der Waals surface area contributed by atoms with Crippen molar-refractivity contribution in [1.82, 2.24) is 9.97 Å². The number of aliphatic imine (C=N–C) groups is 1. The van der Waals surface area contributed by atoms with Gasteiger partial charge in [-0.25, -0.2) is 19.8 Å². The van der Waals surface area contributed by atoms with Crippen LogP contribution in [-0.4, -0.2) is 28.2 Å². The normalized spacial score (nSPS) is 17.6. The Morgan fingerprint density at radius 2 is 2.31 bits per heavy atom. The lowest BCUT2D eigenvalue weighted by Gasteiger charge is -2.14. The predicted molar refractivity (Wildman–Crippen MR) is 53.1 cm³/mol. The smallest absolute Gasteiger partial charge is 0.376 e. The summed E-state index contributed by atoms with van der Waals surface area (Å²) in [5.74, 6) is -0.810. The van der Waals surface area contributed by atoms with Crippen molar-refractivity contribution in [1.29, 1.82) is 0 Å². The second kappa shape index (κ2) is 4.05. The molecule has 0 aliphatic carbocycles. The minimum atomic E-state index is -1.12. The van der Waals surface area contributed by atoms with Crippen LogP contribution in [0.15, 0.2) is 17.5 Å². The molecule has 1 aromatic heterocycles. The van der Waals surface area contributed by atoms with Gasteiger partial charge in [0, 0.05) is 18.0 Å². The molecule has 0 bridgehead atoms. The van der Waals surface area contributed by atoms with Gasteiger partial charge in [0.05, 0.1) is 5.92 Å². The van der Waals surface area contributed by atoms with E-state index in [0.717, 1.165) is 5.56 Å². The van der Waals surface area contributed by atoms with E-state index in [9.17, 15) is 9.59 Å². The van der Waals surface area contributed by atoms with Gasteiger partial charge in [0.2, 0.25) is 0 Å². The first-order valence-electron chi connectivity index (χ1n) is 4.51. The highest BCUT2D eigenvalue weighted by atomic mass is 16.6. The third kappa shape index (κ3) is 2.02. The zero-order valence-electron chi connectivity index (χ0n) is 8.16. The number of carbonyl (C=O) groups excluding carboxylic acids is 2. The first-order valence-corrected chi connectivity index (χ1v) is 4.51. The lowest BCUT2D eigenvalue weighted by Crippen LogP contribution is -2.28. The van der Waals surface area contributed by atoms with E-state index in [0.29, 0.717) is 12.2 Å². The van der Waals surface area contributed by atoms with E-state index in [-0.39, 0.29) is 0 Å². The molecule has 2 N–H and O–H groups in total. The number of nitrogens with two attached hydrogens (primary N) is 1. The number of nitrogens with zero attached hydrogens (tertiary/aromatic N) is 3. The van der Waals surface area contributed by atoms with Crippen molar-refractivity contribution >= 4 is 24.1 Å². The van der Waals surface area contributed by atoms with Crippen LogP contribution in [-0.2, 0) is 16.0 Å². The summed E-state index contributed by atoms with van der Waals surface area (Å²) in [6.07, 6.45) is 3.57. The molecule has 0 spiro atoms. The first-order chi connectivity index (χ1) is 7.66. The number of esters is 1. The molecule has 2 rings (SSSR count). The largest absolute Gasteiger partial charge is 0.412 e. The van der Waals surface area contributed by atoms with Crippen LogP contribution >= 0.6 is 0 Å². The maximum atomic E-state index is 11.4. The maximum Gasteiger partial charge on any atom is 0.412 e. The minimum absolute atomic E-state index is 0.353. The van der Waals surface area contributed by atoms with Crippen LogP contribution in [0.5, 0.6) is 0 Å². The average molecular weight is 220 g/mol. The van der Waals surface area contributed by atoms with Crippen LogP contribution in [0.4, 0.5) is 10.6 Å². The third-order valence-electron chi connectivity index (χ3n) is 2.08. The second-order valence-electron chi connectivity index (χ2n) is 3.20. The Morgan fingerprint density at radius 1 is 1.50 bits per heavy atom. The topological polar surface area (TPSA) is 108 Å². The van der Waals surface area contributed by atoms with Crippen LogP contribution in [0.25, 0.3) is 0 Å². The highest BCUT2D eigenvalue weighted by Gasteiger charge is 2.25. The molecule has 0 aromatic carbocycles. The summed E-state index contributed by atoms with van der Waals surface area (Å²) in [6.45, 7) is 0. The molecule has 1 aliphatic rings. The molecule has 7 nitrogen and oxygen atoms in total. The molecular weight excluding hydrogens is 212 g/mol. The number of fused-ring (bicyclic) bond motifs is 1. The van der Waals surface area contributed by atoms with Crippen molar-refractivity contribution in [3.63, 3.8) is 0 Å². The Kier molecular flexibility index (Phi) is 2.59. The van der Waals surface area contributed by atoms with E-state index in [1.54, 1.807) is 6.20 Å². The Balaban J connectivity index is 2.14. The highest BCUT2D eigenvalue weighted by molar-refractivity contribution is 5.96. The standard InChI is InChI=1S/C9H8N4O3/c10-9(15)16-8(14)6-1-5-2-11-4-13-7(5)12-3-6/h2-4,6H,1H2,(H2,10,15). The lowest BCUT2D eigenvalue weighted by molar-refractivity contribution is -0.139. The molecule has 0 saturated carbocycles. The molecule has 0 saturated heterocycles. The van der Waals surface area contributed by atoms with Crippen LogP contribution < -0.4 is 5.73 Å². The molecule has 1 amide bonds. The molecule has 1 atom stereocenters. The van der Waals surface area contributed by atoms with Crippen LogP contribution in [0, 0.1) is 5.92 Å². The second-order valence-corrected chi connectivity index (χ2v) is 3.20. The molecule has 1 aliphatic heterocycles. The Bertz CT molecular complexity index is 472. The fourth-order valence-electron chi connectivity index (χ4n) is 1.38. The number of ether oxygens (including phenoxy) is 1. The van der Waals surface area contributed by atoms with Gasteiger partial charge in [-0.15, -0.1) is 0 Å². The van der Waals surface area contributed by atoms with Gasteiger partial charge in [-0.05, 0) is 6.42 Å². The zero-order chi connectivity index (χ0) is 11.5. The summed E-state index contributed by atoms with van der Waals surface area (Å²) in [5.41, 5.74) is 5.48. The molecular formula is C9H8N4O3. The van der Waals surface area contributed by atoms with Gasteiger partial charge in [0.1, 0.15) is 6.33 Å². The minimum Gasteiger partial charge on any atom is -0.376 e. The first kappa shape index (κ1) is 10.2. The number of amides is 1. The molecule has 7 heteroatoms. The quantitative estimate of drug-likeness (QED) is 0.528. The maximum absolute atomic E-state index is 11.4. The fourth-order valence-corrected chi connectivity index (χ4v) is 1.38. The Hall–Kier alpha value is -2.31. The van der Waals surface area contributed by atoms with Gasteiger partial charge >= 0.3 is 12.1 Å². The number of hydrogen-bond donors (Lipinski definition) is 1. The van der Waals surface area contributed by atoms with E-state index >= 15 is 0 Å². The summed E-state index contributed by atoms with van der Waals surface area (Å²) in [4.78, 5) is 33.5. The lowest BCUT2D eigenvalue weighted by atomic mass is 10.00. The van der Waals surface area contributed by atoms with Gasteiger partial charge in [-0.1, -0.05) is 0 Å². The molecule has 0 fully saturated rings. The number of primary amides is 1. The van der Waals surface area contributed by atoms with Gasteiger partial charge < -0.3 is 10.5 Å². The van der Waals surface area contributed by atoms with Crippen molar-refractivity contribution in [3.05, 3.63) is 18.1 Å². The molecule has 16 heavy (non-hydrogen) atoms. The van der Waals surface area contributed by atoms with E-state index in [1.165, 1.54) is 12.5 Å². The van der Waals surface area contributed by atoms with Crippen LogP contribution in [0.2, 0.25) is 0 Å². The van der Waals surface area contributed by atoms with Gasteiger partial charge in [0.15, 0.2) is 5.82 Å². The van der Waals surface area contributed by atoms with Crippen LogP contribution in [0.1, 0.15) is 5.56 Å². The van der Waals surface area contributed by atoms with Crippen molar-refractivity contribution in [3.8, 4) is 0 Å². The molecule has 1 aromatic rings. The van der Waals surface area contributed by atoms with E-state index in [2.05, 4.69) is 19.7 Å². The number of hydrogen-bond acceptors (Lipinski definition) is 6. The van der Waals surface area contributed by atoms with Gasteiger partial charge in [-0.3, -0.25) is 4.79 Å². The SMILES string of the molecule is NC(=O)OC(=O)C1C=Nc2ncncc2C1. The summed E-state index contributed by atoms with van der Waals surface area (Å²) in [5, 5.41) is 0. The summed E-state index contributed by atoms with van der Waals surface area (Å²) < 4.78 is 4.27. The summed E-state index contributed by atoms with van der Waals surface area (Å²) in [7, 11) is 0. The van der Waals surface area contributed by atoms with E-state index in [1.807, 2.05) is 0 Å². The van der Waals surface area contributed by atoms with Gasteiger partial charge in [-0.2, -0.15) is 0 Å².